The average molecular weight is 326 g/mol. The number of rotatable bonds is 5. The van der Waals surface area contributed by atoms with Gasteiger partial charge in [-0.25, -0.2) is 0 Å². The Kier molecular flexibility index (Phi) is 5.28. The largest absolute Gasteiger partial charge is 0.366 e. The van der Waals surface area contributed by atoms with Crippen molar-refractivity contribution in [3.05, 3.63) is 48.0 Å². The molecule has 2 heterocycles. The molecule has 0 spiro atoms. The third kappa shape index (κ3) is 3.42. The molecule has 0 aliphatic heterocycles. The topological polar surface area (TPSA) is 89.2 Å². The van der Waals surface area contributed by atoms with Crippen LogP contribution in [0.15, 0.2) is 36.9 Å². The molecule has 0 radical (unpaired) electrons. The van der Waals surface area contributed by atoms with Gasteiger partial charge in [0.1, 0.15) is 0 Å². The molecule has 0 aliphatic rings. The quantitative estimate of drug-likeness (QED) is 0.914. The Morgan fingerprint density at radius 1 is 0.917 bits per heavy atom. The maximum absolute atomic E-state index is 13.1. The highest BCUT2D eigenvalue weighted by Crippen LogP contribution is 2.27. The number of pyridine rings is 2. The average Bonchev–Trinajstić information content (AvgIpc) is 2.54. The summed E-state index contributed by atoms with van der Waals surface area (Å²) >= 11 is 0. The molecular weight excluding hydrogens is 304 g/mol. The van der Waals surface area contributed by atoms with Crippen LogP contribution >= 0.6 is 0 Å². The Morgan fingerprint density at radius 2 is 1.38 bits per heavy atom. The first-order valence-corrected chi connectivity index (χ1v) is 7.85. The first kappa shape index (κ1) is 17.6. The zero-order chi connectivity index (χ0) is 17.9. The molecule has 0 aliphatic carbocycles. The van der Waals surface area contributed by atoms with E-state index < -0.39 is 5.91 Å². The molecule has 0 atom stereocenters. The second kappa shape index (κ2) is 7.21. The Morgan fingerprint density at radius 3 is 1.83 bits per heavy atom. The van der Waals surface area contributed by atoms with Crippen molar-refractivity contribution in [3.8, 4) is 11.1 Å². The lowest BCUT2D eigenvalue weighted by molar-refractivity contribution is 0.0644. The summed E-state index contributed by atoms with van der Waals surface area (Å²) in [6.45, 7) is 7.87. The molecule has 0 saturated carbocycles. The van der Waals surface area contributed by atoms with E-state index in [4.69, 9.17) is 5.73 Å². The van der Waals surface area contributed by atoms with Crippen LogP contribution in [-0.4, -0.2) is 38.8 Å². The van der Waals surface area contributed by atoms with E-state index in [0.29, 0.717) is 16.7 Å². The molecule has 0 aromatic carbocycles. The van der Waals surface area contributed by atoms with Crippen molar-refractivity contribution in [2.75, 3.05) is 0 Å². The van der Waals surface area contributed by atoms with Gasteiger partial charge >= 0.3 is 0 Å². The van der Waals surface area contributed by atoms with E-state index in [9.17, 15) is 9.59 Å². The smallest absolute Gasteiger partial charge is 0.256 e. The van der Waals surface area contributed by atoms with Gasteiger partial charge in [-0.2, -0.15) is 0 Å². The summed E-state index contributed by atoms with van der Waals surface area (Å²) < 4.78 is 0. The van der Waals surface area contributed by atoms with Gasteiger partial charge in [-0.15, -0.1) is 0 Å². The van der Waals surface area contributed by atoms with E-state index in [1.807, 2.05) is 27.7 Å². The van der Waals surface area contributed by atoms with Crippen LogP contribution in [-0.2, 0) is 0 Å². The highest BCUT2D eigenvalue weighted by molar-refractivity contribution is 6.05. The number of nitrogens with two attached hydrogens (primary N) is 1. The molecule has 2 rings (SSSR count). The Labute approximate surface area is 141 Å². The molecule has 2 aromatic rings. The van der Waals surface area contributed by atoms with Crippen molar-refractivity contribution in [2.45, 2.75) is 39.8 Å². The first-order valence-electron chi connectivity index (χ1n) is 7.85. The van der Waals surface area contributed by atoms with Gasteiger partial charge in [-0.05, 0) is 51.0 Å². The number of aromatic nitrogens is 2. The van der Waals surface area contributed by atoms with Gasteiger partial charge in [0, 0.05) is 36.9 Å². The number of primary amides is 1. The van der Waals surface area contributed by atoms with E-state index in [2.05, 4.69) is 9.97 Å². The van der Waals surface area contributed by atoms with Gasteiger partial charge in [0.25, 0.3) is 11.8 Å². The fourth-order valence-electron chi connectivity index (χ4n) is 2.83. The van der Waals surface area contributed by atoms with E-state index in [0.717, 1.165) is 0 Å². The van der Waals surface area contributed by atoms with Crippen LogP contribution in [0.25, 0.3) is 11.1 Å². The predicted octanol–water partition coefficient (Wildman–Crippen LogP) is 2.50. The zero-order valence-corrected chi connectivity index (χ0v) is 14.4. The fourth-order valence-corrected chi connectivity index (χ4v) is 2.83. The molecule has 6 nitrogen and oxygen atoms in total. The summed E-state index contributed by atoms with van der Waals surface area (Å²) in [5.41, 5.74) is 7.36. The minimum Gasteiger partial charge on any atom is -0.366 e. The van der Waals surface area contributed by atoms with Gasteiger partial charge in [-0.1, -0.05) is 0 Å². The Bertz CT molecular complexity index is 748. The van der Waals surface area contributed by atoms with E-state index in [1.54, 1.807) is 29.4 Å². The second-order valence-electron chi connectivity index (χ2n) is 6.11. The van der Waals surface area contributed by atoms with Crippen molar-refractivity contribution in [1.82, 2.24) is 14.9 Å². The Hall–Kier alpha value is -2.76. The van der Waals surface area contributed by atoms with Gasteiger partial charge in [0.15, 0.2) is 0 Å². The molecule has 0 saturated heterocycles. The lowest BCUT2D eigenvalue weighted by Crippen LogP contribution is -2.42. The highest BCUT2D eigenvalue weighted by Gasteiger charge is 2.25. The molecular formula is C18H22N4O2. The number of nitrogens with zero attached hydrogens (tertiary/aromatic N) is 3. The normalized spacial score (nSPS) is 10.9. The molecule has 126 valence electrons. The maximum atomic E-state index is 13.1. The van der Waals surface area contributed by atoms with Gasteiger partial charge in [0.05, 0.1) is 11.1 Å². The van der Waals surface area contributed by atoms with Crippen LogP contribution in [0, 0.1) is 0 Å². The monoisotopic (exact) mass is 326 g/mol. The highest BCUT2D eigenvalue weighted by atomic mass is 16.2. The number of carbonyl (C=O) groups is 2. The third-order valence-corrected chi connectivity index (χ3v) is 3.78. The molecule has 6 heteroatoms. The number of carbonyl (C=O) groups excluding carboxylic acids is 2. The van der Waals surface area contributed by atoms with Gasteiger partial charge in [-0.3, -0.25) is 19.6 Å². The standard InChI is InChI=1S/C18H22N4O2/c1-11(2)22(12(3)4)18(24)16-10-21-8-6-14(16)13-5-7-20-9-15(13)17(19)23/h5-12H,1-4H3,(H2,19,23). The van der Waals surface area contributed by atoms with Crippen molar-refractivity contribution in [1.29, 1.82) is 0 Å². The molecule has 2 aromatic heterocycles. The summed E-state index contributed by atoms with van der Waals surface area (Å²) in [5.74, 6) is -0.715. The second-order valence-corrected chi connectivity index (χ2v) is 6.11. The van der Waals surface area contributed by atoms with Crippen LogP contribution in [0.5, 0.6) is 0 Å². The van der Waals surface area contributed by atoms with Crippen molar-refractivity contribution >= 4 is 11.8 Å². The Balaban J connectivity index is 2.61. The zero-order valence-electron chi connectivity index (χ0n) is 14.4. The lowest BCUT2D eigenvalue weighted by Gasteiger charge is -2.31. The predicted molar refractivity (Wildman–Crippen MR) is 92.4 cm³/mol. The number of hydrogen-bond donors (Lipinski definition) is 1. The van der Waals surface area contributed by atoms with Crippen LogP contribution in [0.4, 0.5) is 0 Å². The summed E-state index contributed by atoms with van der Waals surface area (Å²) in [6.07, 6.45) is 6.10. The molecule has 0 unspecified atom stereocenters. The SMILES string of the molecule is CC(C)N(C(=O)c1cnccc1-c1ccncc1C(N)=O)C(C)C. The minimum atomic E-state index is -0.585. The summed E-state index contributed by atoms with van der Waals surface area (Å²) in [6, 6.07) is 3.48. The van der Waals surface area contributed by atoms with E-state index in [1.165, 1.54) is 12.4 Å². The first-order chi connectivity index (χ1) is 11.3. The number of amides is 2. The molecule has 24 heavy (non-hydrogen) atoms. The summed E-state index contributed by atoms with van der Waals surface area (Å²) in [5, 5.41) is 0. The number of hydrogen-bond acceptors (Lipinski definition) is 4. The maximum Gasteiger partial charge on any atom is 0.256 e. The summed E-state index contributed by atoms with van der Waals surface area (Å²) in [4.78, 5) is 34.6. The van der Waals surface area contributed by atoms with E-state index >= 15 is 0 Å². The van der Waals surface area contributed by atoms with Crippen LogP contribution < -0.4 is 5.73 Å². The molecule has 0 bridgehead atoms. The van der Waals surface area contributed by atoms with Gasteiger partial charge in [0.2, 0.25) is 0 Å². The fraction of sp³-hybridized carbons (Fsp3) is 0.333. The van der Waals surface area contributed by atoms with Crippen molar-refractivity contribution < 1.29 is 9.59 Å². The van der Waals surface area contributed by atoms with Crippen molar-refractivity contribution in [3.63, 3.8) is 0 Å². The van der Waals surface area contributed by atoms with Gasteiger partial charge < -0.3 is 10.6 Å². The van der Waals surface area contributed by atoms with Crippen LogP contribution in [0.2, 0.25) is 0 Å². The van der Waals surface area contributed by atoms with Crippen LogP contribution in [0.3, 0.4) is 0 Å². The summed E-state index contributed by atoms with van der Waals surface area (Å²) in [7, 11) is 0. The third-order valence-electron chi connectivity index (χ3n) is 3.78. The molecule has 2 amide bonds. The van der Waals surface area contributed by atoms with Crippen molar-refractivity contribution in [2.24, 2.45) is 5.73 Å². The van der Waals surface area contributed by atoms with E-state index in [-0.39, 0.29) is 23.6 Å². The molecule has 0 fully saturated rings. The molecule has 2 N–H and O–H groups in total. The minimum absolute atomic E-state index is 0.0404. The lowest BCUT2D eigenvalue weighted by atomic mass is 9.97. The van der Waals surface area contributed by atoms with Crippen LogP contribution in [0.1, 0.15) is 48.4 Å².